The van der Waals surface area contributed by atoms with Crippen molar-refractivity contribution in [1.82, 2.24) is 0 Å². The van der Waals surface area contributed by atoms with E-state index in [2.05, 4.69) is 93.6 Å². The molecule has 0 spiro atoms. The lowest BCUT2D eigenvalue weighted by Crippen LogP contribution is -2.29. The molecule has 0 N–H and O–H groups in total. The van der Waals surface area contributed by atoms with Gasteiger partial charge in [-0.25, -0.2) is 0 Å². The smallest absolute Gasteiger partial charge is 0.135 e. The maximum Gasteiger partial charge on any atom is 0.135 e. The second-order valence-corrected chi connectivity index (χ2v) is 9.41. The highest BCUT2D eigenvalue weighted by atomic mass is 31.1. The summed E-state index contributed by atoms with van der Waals surface area (Å²) >= 11 is 0. The van der Waals surface area contributed by atoms with Crippen LogP contribution in [0.2, 0.25) is 0 Å². The van der Waals surface area contributed by atoms with Crippen molar-refractivity contribution < 1.29 is 4.74 Å². The van der Waals surface area contributed by atoms with Crippen molar-refractivity contribution in [3.63, 3.8) is 0 Å². The summed E-state index contributed by atoms with van der Waals surface area (Å²) in [6.07, 6.45) is 0. The summed E-state index contributed by atoms with van der Waals surface area (Å²) in [6, 6.07) is 26.4. The van der Waals surface area contributed by atoms with E-state index in [9.17, 15) is 0 Å². The van der Waals surface area contributed by atoms with Crippen molar-refractivity contribution in [2.45, 2.75) is 20.8 Å². The Hall–Kier alpha value is -2.63. The molecular formula is C25H21OP. The lowest BCUT2D eigenvalue weighted by atomic mass is 10.1. The molecule has 5 rings (SSSR count). The summed E-state index contributed by atoms with van der Waals surface area (Å²) in [6.45, 7) is 6.57. The topological polar surface area (TPSA) is 9.23 Å². The van der Waals surface area contributed by atoms with Crippen molar-refractivity contribution in [3.8, 4) is 11.5 Å². The van der Waals surface area contributed by atoms with Gasteiger partial charge in [0, 0.05) is 10.6 Å². The minimum absolute atomic E-state index is 0.677. The van der Waals surface area contributed by atoms with E-state index in [-0.39, 0.29) is 0 Å². The van der Waals surface area contributed by atoms with E-state index in [1.54, 1.807) is 0 Å². The van der Waals surface area contributed by atoms with Crippen LogP contribution < -0.4 is 20.7 Å². The molecule has 1 aliphatic rings. The van der Waals surface area contributed by atoms with Gasteiger partial charge in [0.15, 0.2) is 0 Å². The Labute approximate surface area is 161 Å². The van der Waals surface area contributed by atoms with Crippen LogP contribution in [0.5, 0.6) is 11.5 Å². The zero-order valence-electron chi connectivity index (χ0n) is 15.8. The number of benzene rings is 4. The van der Waals surface area contributed by atoms with Crippen molar-refractivity contribution in [2.24, 2.45) is 0 Å². The molecule has 0 unspecified atom stereocenters. The summed E-state index contributed by atoms with van der Waals surface area (Å²) in [7, 11) is -0.677. The number of aryl methyl sites for hydroxylation is 3. The fourth-order valence-corrected chi connectivity index (χ4v) is 6.89. The van der Waals surface area contributed by atoms with Gasteiger partial charge >= 0.3 is 0 Å². The predicted molar refractivity (Wildman–Crippen MR) is 117 cm³/mol. The minimum Gasteiger partial charge on any atom is -0.456 e. The maximum atomic E-state index is 6.31. The molecule has 132 valence electrons. The molecule has 0 saturated heterocycles. The van der Waals surface area contributed by atoms with Crippen LogP contribution in [0.25, 0.3) is 10.8 Å². The molecule has 1 nitrogen and oxygen atoms in total. The van der Waals surface area contributed by atoms with Crippen LogP contribution in [0.1, 0.15) is 16.7 Å². The summed E-state index contributed by atoms with van der Waals surface area (Å²) in [5.74, 6) is 1.99. The Morgan fingerprint density at radius 1 is 0.667 bits per heavy atom. The highest BCUT2D eigenvalue weighted by molar-refractivity contribution is 7.80. The third-order valence-corrected chi connectivity index (χ3v) is 7.96. The number of rotatable bonds is 1. The number of hydrogen-bond donors (Lipinski definition) is 0. The van der Waals surface area contributed by atoms with Gasteiger partial charge in [-0.2, -0.15) is 0 Å². The Kier molecular flexibility index (Phi) is 3.81. The zero-order chi connectivity index (χ0) is 18.5. The van der Waals surface area contributed by atoms with Crippen LogP contribution in [0.4, 0.5) is 0 Å². The molecule has 0 bridgehead atoms. The van der Waals surface area contributed by atoms with E-state index in [0.717, 1.165) is 11.5 Å². The van der Waals surface area contributed by atoms with E-state index in [1.807, 2.05) is 0 Å². The Morgan fingerprint density at radius 3 is 1.96 bits per heavy atom. The lowest BCUT2D eigenvalue weighted by Gasteiger charge is -2.31. The van der Waals surface area contributed by atoms with Gasteiger partial charge in [-0.05, 0) is 74.6 Å². The average molecular weight is 368 g/mol. The van der Waals surface area contributed by atoms with Gasteiger partial charge in [0.25, 0.3) is 0 Å². The standard InChI is InChI=1S/C25H21OP/c1-16-8-12-21-23(14-16)27(24-15-17(2)9-13-22(24)26-21)25-18(3)10-11-19-6-4-5-7-20(19)25/h4-15H,1-3H3. The van der Waals surface area contributed by atoms with Crippen LogP contribution in [0.3, 0.4) is 0 Å². The van der Waals surface area contributed by atoms with Crippen LogP contribution >= 0.6 is 7.92 Å². The van der Waals surface area contributed by atoms with E-state index in [4.69, 9.17) is 4.74 Å². The fourth-order valence-electron chi connectivity index (χ4n) is 3.93. The molecule has 27 heavy (non-hydrogen) atoms. The number of ether oxygens (including phenoxy) is 1. The highest BCUT2D eigenvalue weighted by Crippen LogP contribution is 2.47. The quantitative estimate of drug-likeness (QED) is 0.349. The Bertz CT molecular complexity index is 1140. The van der Waals surface area contributed by atoms with E-state index >= 15 is 0 Å². The average Bonchev–Trinajstić information content (AvgIpc) is 2.67. The summed E-state index contributed by atoms with van der Waals surface area (Å²) in [4.78, 5) is 0. The third-order valence-electron chi connectivity index (χ3n) is 5.26. The normalized spacial score (nSPS) is 13.1. The number of hydrogen-bond acceptors (Lipinski definition) is 1. The van der Waals surface area contributed by atoms with E-state index in [1.165, 1.54) is 43.4 Å². The second-order valence-electron chi connectivity index (χ2n) is 7.33. The first-order valence-corrected chi connectivity index (χ1v) is 10.6. The molecule has 4 aromatic carbocycles. The number of fused-ring (bicyclic) bond motifs is 3. The first-order chi connectivity index (χ1) is 13.1. The molecule has 2 heteroatoms. The van der Waals surface area contributed by atoms with E-state index in [0.29, 0.717) is 0 Å². The lowest BCUT2D eigenvalue weighted by molar-refractivity contribution is 0.488. The van der Waals surface area contributed by atoms with Gasteiger partial charge in [0.1, 0.15) is 11.5 Å². The van der Waals surface area contributed by atoms with E-state index < -0.39 is 7.92 Å². The molecule has 4 aromatic rings. The fraction of sp³-hybridized carbons (Fsp3) is 0.120. The second kappa shape index (κ2) is 6.22. The van der Waals surface area contributed by atoms with Crippen molar-refractivity contribution >= 4 is 34.6 Å². The van der Waals surface area contributed by atoms with Crippen LogP contribution in [-0.2, 0) is 0 Å². The minimum atomic E-state index is -0.677. The van der Waals surface area contributed by atoms with Gasteiger partial charge < -0.3 is 4.74 Å². The van der Waals surface area contributed by atoms with Crippen LogP contribution in [0, 0.1) is 20.8 Å². The van der Waals surface area contributed by atoms with Gasteiger partial charge in [-0.1, -0.05) is 59.7 Å². The van der Waals surface area contributed by atoms with Gasteiger partial charge in [0.05, 0.1) is 0 Å². The maximum absolute atomic E-state index is 6.31. The summed E-state index contributed by atoms with van der Waals surface area (Å²) < 4.78 is 6.31. The first kappa shape index (κ1) is 16.5. The summed E-state index contributed by atoms with van der Waals surface area (Å²) in [5.41, 5.74) is 3.90. The Morgan fingerprint density at radius 2 is 1.30 bits per heavy atom. The summed E-state index contributed by atoms with van der Waals surface area (Å²) in [5, 5.41) is 6.75. The van der Waals surface area contributed by atoms with Gasteiger partial charge in [0.2, 0.25) is 0 Å². The molecule has 1 heterocycles. The van der Waals surface area contributed by atoms with Crippen molar-refractivity contribution in [1.29, 1.82) is 0 Å². The largest absolute Gasteiger partial charge is 0.456 e. The molecule has 0 radical (unpaired) electrons. The van der Waals surface area contributed by atoms with Gasteiger partial charge in [-0.3, -0.25) is 0 Å². The molecule has 0 aliphatic carbocycles. The SMILES string of the molecule is Cc1ccc2c(c1)P(c1c(C)ccc3ccccc13)c1cc(C)ccc1O2. The van der Waals surface area contributed by atoms with Crippen molar-refractivity contribution in [3.05, 3.63) is 89.5 Å². The monoisotopic (exact) mass is 368 g/mol. The molecule has 0 amide bonds. The first-order valence-electron chi connectivity index (χ1n) is 9.29. The third kappa shape index (κ3) is 2.66. The molecule has 1 aliphatic heterocycles. The Balaban J connectivity index is 1.89. The molecular weight excluding hydrogens is 347 g/mol. The molecule has 0 fully saturated rings. The van der Waals surface area contributed by atoms with Crippen molar-refractivity contribution in [2.75, 3.05) is 0 Å². The van der Waals surface area contributed by atoms with Crippen LogP contribution in [0.15, 0.2) is 72.8 Å². The molecule has 0 aromatic heterocycles. The highest BCUT2D eigenvalue weighted by Gasteiger charge is 2.30. The van der Waals surface area contributed by atoms with Crippen LogP contribution in [-0.4, -0.2) is 0 Å². The van der Waals surface area contributed by atoms with Gasteiger partial charge in [-0.15, -0.1) is 0 Å². The predicted octanol–water partition coefficient (Wildman–Crippen LogP) is 5.63. The molecule has 0 atom stereocenters. The molecule has 0 saturated carbocycles. The zero-order valence-corrected chi connectivity index (χ0v) is 16.7.